The molecule has 1 amide bonds. The number of Topliss-reactive ketones (excluding diaryl/α,β-unsaturated/α-hetero) is 1. The molecule has 0 aromatic carbocycles. The molecule has 2 atom stereocenters. The molecule has 0 unspecified atom stereocenters. The van der Waals surface area contributed by atoms with E-state index in [2.05, 4.69) is 5.10 Å². The van der Waals surface area contributed by atoms with Crippen LogP contribution < -0.4 is 0 Å². The third kappa shape index (κ3) is 3.65. The topological polar surface area (TPSA) is 55.2 Å². The van der Waals surface area contributed by atoms with Crippen molar-refractivity contribution < 1.29 is 18.4 Å². The second kappa shape index (κ2) is 6.61. The number of rotatable bonds is 4. The summed E-state index contributed by atoms with van der Waals surface area (Å²) < 4.78 is 28.8. The van der Waals surface area contributed by atoms with Crippen molar-refractivity contribution >= 4 is 11.7 Å². The van der Waals surface area contributed by atoms with Gasteiger partial charge in [0.25, 0.3) is 0 Å². The normalized spacial score (nSPS) is 26.5. The van der Waals surface area contributed by atoms with Crippen LogP contribution in [-0.4, -0.2) is 44.9 Å². The van der Waals surface area contributed by atoms with Crippen LogP contribution in [0.15, 0.2) is 12.4 Å². The van der Waals surface area contributed by atoms with E-state index in [-0.39, 0.29) is 37.0 Å². The molecule has 0 N–H and O–H groups in total. The number of nitrogens with zero attached hydrogens (tertiary/aromatic N) is 3. The summed E-state index contributed by atoms with van der Waals surface area (Å²) in [5.41, 5.74) is 0.529. The molecule has 0 spiro atoms. The molecule has 1 saturated carbocycles. The highest BCUT2D eigenvalue weighted by atomic mass is 19.3. The number of carbonyl (C=O) groups excluding carboxylic acids is 2. The van der Waals surface area contributed by atoms with Gasteiger partial charge in [-0.15, -0.1) is 0 Å². The van der Waals surface area contributed by atoms with Crippen LogP contribution in [0.5, 0.6) is 0 Å². The average molecular weight is 339 g/mol. The van der Waals surface area contributed by atoms with E-state index in [1.807, 2.05) is 0 Å². The van der Waals surface area contributed by atoms with E-state index in [1.54, 1.807) is 22.8 Å². The number of hydrogen-bond donors (Lipinski definition) is 0. The Labute approximate surface area is 140 Å². The summed E-state index contributed by atoms with van der Waals surface area (Å²) in [6.07, 6.45) is 5.41. The van der Waals surface area contributed by atoms with Crippen LogP contribution in [0.25, 0.3) is 0 Å². The second-order valence-electron chi connectivity index (χ2n) is 7.01. The smallest absolute Gasteiger partial charge is 0.248 e. The lowest BCUT2D eigenvalue weighted by molar-refractivity contribution is -0.143. The van der Waals surface area contributed by atoms with Crippen molar-refractivity contribution in [3.8, 4) is 0 Å². The van der Waals surface area contributed by atoms with E-state index in [0.29, 0.717) is 24.9 Å². The SMILES string of the molecule is Cn1cc(C(=O)C[C@@H]2CCCN2C(=O)[C@@H]2CCCC(F)(F)C2)cn1. The Kier molecular flexibility index (Phi) is 4.69. The lowest BCUT2D eigenvalue weighted by Crippen LogP contribution is -2.43. The summed E-state index contributed by atoms with van der Waals surface area (Å²) in [5.74, 6) is -3.60. The number of ketones is 1. The van der Waals surface area contributed by atoms with Gasteiger partial charge in [-0.1, -0.05) is 0 Å². The minimum Gasteiger partial charge on any atom is -0.339 e. The first-order valence-corrected chi connectivity index (χ1v) is 8.56. The fourth-order valence-electron chi connectivity index (χ4n) is 3.85. The molecule has 0 bridgehead atoms. The van der Waals surface area contributed by atoms with E-state index in [9.17, 15) is 18.4 Å². The zero-order valence-electron chi connectivity index (χ0n) is 13.9. The second-order valence-corrected chi connectivity index (χ2v) is 7.01. The van der Waals surface area contributed by atoms with Gasteiger partial charge in [-0.3, -0.25) is 14.3 Å². The summed E-state index contributed by atoms with van der Waals surface area (Å²) in [7, 11) is 1.74. The zero-order chi connectivity index (χ0) is 17.3. The molecule has 3 rings (SSSR count). The van der Waals surface area contributed by atoms with Crippen LogP contribution in [0.1, 0.15) is 55.3 Å². The van der Waals surface area contributed by atoms with Gasteiger partial charge in [-0.05, 0) is 25.7 Å². The molecule has 0 radical (unpaired) electrons. The van der Waals surface area contributed by atoms with Crippen molar-refractivity contribution in [2.24, 2.45) is 13.0 Å². The van der Waals surface area contributed by atoms with E-state index in [0.717, 1.165) is 12.8 Å². The predicted octanol–water partition coefficient (Wildman–Crippen LogP) is 2.81. The minimum absolute atomic E-state index is 0.0539. The van der Waals surface area contributed by atoms with Crippen LogP contribution in [-0.2, 0) is 11.8 Å². The quantitative estimate of drug-likeness (QED) is 0.793. The molecule has 1 aliphatic heterocycles. The number of hydrogen-bond acceptors (Lipinski definition) is 3. The largest absolute Gasteiger partial charge is 0.339 e. The van der Waals surface area contributed by atoms with Crippen molar-refractivity contribution in [2.75, 3.05) is 6.54 Å². The maximum atomic E-state index is 13.6. The van der Waals surface area contributed by atoms with E-state index >= 15 is 0 Å². The number of likely N-dealkylation sites (tertiary alicyclic amines) is 1. The number of alkyl halides is 2. The van der Waals surface area contributed by atoms with Crippen molar-refractivity contribution in [3.63, 3.8) is 0 Å². The standard InChI is InChI=1S/C17H23F2N3O2/c1-21-11-13(10-20-21)15(23)8-14-5-3-7-22(14)16(24)12-4-2-6-17(18,19)9-12/h10-12,14H,2-9H2,1H3/t12-,14+/m1/s1. The molecule has 2 fully saturated rings. The van der Waals surface area contributed by atoms with Crippen LogP contribution in [0.2, 0.25) is 0 Å². The van der Waals surface area contributed by atoms with Gasteiger partial charge in [0.05, 0.1) is 11.8 Å². The number of aromatic nitrogens is 2. The number of aryl methyl sites for hydroxylation is 1. The average Bonchev–Trinajstić information content (AvgIpc) is 3.14. The van der Waals surface area contributed by atoms with E-state index < -0.39 is 11.8 Å². The Balaban J connectivity index is 1.64. The van der Waals surface area contributed by atoms with Crippen LogP contribution in [0, 0.1) is 5.92 Å². The maximum Gasteiger partial charge on any atom is 0.248 e. The van der Waals surface area contributed by atoms with Crippen LogP contribution in [0.4, 0.5) is 8.78 Å². The first-order chi connectivity index (χ1) is 11.4. The molecule has 7 heteroatoms. The number of halogens is 2. The Morgan fingerprint density at radius 2 is 2.12 bits per heavy atom. The summed E-state index contributed by atoms with van der Waals surface area (Å²) in [5, 5.41) is 3.99. The highest BCUT2D eigenvalue weighted by Gasteiger charge is 2.42. The van der Waals surface area contributed by atoms with Crippen molar-refractivity contribution in [2.45, 2.75) is 56.9 Å². The summed E-state index contributed by atoms with van der Waals surface area (Å²) in [6, 6.07) is -0.180. The number of carbonyl (C=O) groups is 2. The molecule has 132 valence electrons. The van der Waals surface area contributed by atoms with Gasteiger partial charge < -0.3 is 4.90 Å². The molecular weight excluding hydrogens is 316 g/mol. The van der Waals surface area contributed by atoms with Gasteiger partial charge in [0.2, 0.25) is 11.8 Å². The first-order valence-electron chi connectivity index (χ1n) is 8.56. The fraction of sp³-hybridized carbons (Fsp3) is 0.706. The zero-order valence-corrected chi connectivity index (χ0v) is 13.9. The molecule has 1 saturated heterocycles. The first kappa shape index (κ1) is 17.0. The van der Waals surface area contributed by atoms with Crippen molar-refractivity contribution in [3.05, 3.63) is 18.0 Å². The summed E-state index contributed by atoms with van der Waals surface area (Å²) >= 11 is 0. The van der Waals surface area contributed by atoms with Gasteiger partial charge in [-0.25, -0.2) is 8.78 Å². The van der Waals surface area contributed by atoms with E-state index in [1.165, 1.54) is 6.20 Å². The molecular formula is C17H23F2N3O2. The van der Waals surface area contributed by atoms with Gasteiger partial charge in [0, 0.05) is 51.0 Å². The molecule has 1 aromatic rings. The van der Waals surface area contributed by atoms with Crippen LogP contribution >= 0.6 is 0 Å². The van der Waals surface area contributed by atoms with Gasteiger partial charge >= 0.3 is 0 Å². The lowest BCUT2D eigenvalue weighted by Gasteiger charge is -2.33. The Morgan fingerprint density at radius 3 is 2.79 bits per heavy atom. The molecule has 5 nitrogen and oxygen atoms in total. The highest BCUT2D eigenvalue weighted by Crippen LogP contribution is 2.38. The molecule has 2 heterocycles. The monoisotopic (exact) mass is 339 g/mol. The van der Waals surface area contributed by atoms with Crippen LogP contribution in [0.3, 0.4) is 0 Å². The fourth-order valence-corrected chi connectivity index (χ4v) is 3.85. The predicted molar refractivity (Wildman–Crippen MR) is 83.8 cm³/mol. The molecule has 2 aliphatic rings. The van der Waals surface area contributed by atoms with Gasteiger partial charge in [0.15, 0.2) is 5.78 Å². The Bertz CT molecular complexity index is 629. The molecule has 24 heavy (non-hydrogen) atoms. The third-order valence-corrected chi connectivity index (χ3v) is 5.10. The molecule has 1 aromatic heterocycles. The minimum atomic E-state index is -2.74. The van der Waals surface area contributed by atoms with Crippen molar-refractivity contribution in [1.82, 2.24) is 14.7 Å². The van der Waals surface area contributed by atoms with Gasteiger partial charge in [-0.2, -0.15) is 5.10 Å². The maximum absolute atomic E-state index is 13.6. The summed E-state index contributed by atoms with van der Waals surface area (Å²) in [4.78, 5) is 26.7. The van der Waals surface area contributed by atoms with Crippen molar-refractivity contribution in [1.29, 1.82) is 0 Å². The third-order valence-electron chi connectivity index (χ3n) is 5.10. The lowest BCUT2D eigenvalue weighted by atomic mass is 9.85. The molecule has 1 aliphatic carbocycles. The van der Waals surface area contributed by atoms with E-state index in [4.69, 9.17) is 0 Å². The number of amides is 1. The Morgan fingerprint density at radius 1 is 1.33 bits per heavy atom. The summed E-state index contributed by atoms with van der Waals surface area (Å²) in [6.45, 7) is 0.561. The van der Waals surface area contributed by atoms with Gasteiger partial charge in [0.1, 0.15) is 0 Å². The Hall–Kier alpha value is -1.79. The highest BCUT2D eigenvalue weighted by molar-refractivity contribution is 5.96.